The number of ether oxygens (including phenoxy) is 7. The number of benzene rings is 7. The zero-order chi connectivity index (χ0) is 89.2. The molecule has 13 heterocycles. The molecule has 8 aliphatic heterocycles. The Hall–Kier alpha value is -13.3. The third-order valence-electron chi connectivity index (χ3n) is 25.8. The van der Waals surface area contributed by atoms with Crippen LogP contribution in [0.3, 0.4) is 0 Å². The molecule has 0 saturated carbocycles. The smallest absolute Gasteiger partial charge is 0.257 e. The number of rotatable bonds is 8. The average molecular weight is 1750 g/mol. The number of nitriles is 1. The minimum absolute atomic E-state index is 0. The van der Waals surface area contributed by atoms with Crippen LogP contribution in [0.5, 0.6) is 40.2 Å². The van der Waals surface area contributed by atoms with Gasteiger partial charge in [0, 0.05) is 193 Å². The molecule has 20 rings (SSSR count). The third kappa shape index (κ3) is 16.0. The van der Waals surface area contributed by atoms with E-state index in [4.69, 9.17) is 56.4 Å². The molecule has 0 radical (unpaired) electrons. The Morgan fingerprint density at radius 3 is 1.66 bits per heavy atom. The van der Waals surface area contributed by atoms with Crippen LogP contribution < -0.4 is 38.5 Å². The van der Waals surface area contributed by atoms with E-state index in [1.54, 1.807) is 55.6 Å². The Bertz CT molecular complexity index is 6340. The van der Waals surface area contributed by atoms with Crippen LogP contribution in [0.2, 0.25) is 10.0 Å². The first kappa shape index (κ1) is 85.8. The molecule has 7 aromatic carbocycles. The summed E-state index contributed by atoms with van der Waals surface area (Å²) in [5.74, 6) is 4.99. The number of para-hydroxylation sites is 1. The number of anilines is 1. The fourth-order valence-corrected chi connectivity index (χ4v) is 19.7. The molecule has 5 aromatic heterocycles. The van der Waals surface area contributed by atoms with Gasteiger partial charge in [-0.25, -0.2) is 9.37 Å². The molecule has 5 amide bonds. The first-order chi connectivity index (χ1) is 61.1. The van der Waals surface area contributed by atoms with E-state index in [-0.39, 0.29) is 41.9 Å². The number of aromatic nitrogens is 6. The van der Waals surface area contributed by atoms with Crippen molar-refractivity contribution in [3.8, 4) is 74.8 Å². The number of pyridine rings is 1. The van der Waals surface area contributed by atoms with Gasteiger partial charge in [0.25, 0.3) is 23.6 Å². The van der Waals surface area contributed by atoms with E-state index >= 15 is 0 Å². The normalized spacial score (nSPS) is 16.4. The number of carbonyl (C=O) groups is 5. The van der Waals surface area contributed by atoms with Crippen LogP contribution in [-0.4, -0.2) is 151 Å². The summed E-state index contributed by atoms with van der Waals surface area (Å²) in [6.07, 6.45) is 13.1. The van der Waals surface area contributed by atoms with E-state index in [0.717, 1.165) is 128 Å². The lowest BCUT2D eigenvalue weighted by Gasteiger charge is -2.45. The van der Waals surface area contributed by atoms with Gasteiger partial charge in [0.1, 0.15) is 57.7 Å². The van der Waals surface area contributed by atoms with Gasteiger partial charge in [0.15, 0.2) is 28.4 Å². The number of halogens is 3. The first-order valence-electron chi connectivity index (χ1n) is 42.7. The fraction of sp³-hybridized carbons (Fsp3) is 0.320. The van der Waals surface area contributed by atoms with Crippen LogP contribution in [0.25, 0.3) is 28.5 Å². The molecule has 0 aliphatic carbocycles. The van der Waals surface area contributed by atoms with Crippen molar-refractivity contribution in [1.82, 2.24) is 48.1 Å². The second kappa shape index (κ2) is 34.2. The minimum atomic E-state index is -0.699. The van der Waals surface area contributed by atoms with Crippen molar-refractivity contribution in [2.45, 2.75) is 128 Å². The van der Waals surface area contributed by atoms with E-state index in [1.165, 1.54) is 32.2 Å². The van der Waals surface area contributed by atoms with Gasteiger partial charge in [-0.15, -0.1) is 0 Å². The number of carbonyl (C=O) groups excluding carboxylic acids is 5. The second-order valence-electron chi connectivity index (χ2n) is 34.6. The standard InChI is InChI=1S/C26H29N3O3.C25H24ClN3O3.C25H27N3O3.C24H19ClFN3O3.H2/c1-25(2,3)19-10-9-18(17-21(19)31-4)24(30)28-15-11-26(12-16-28)22-8-6-14-29(22)23-20(32-26)7-5-13-27-23;1-16-14-19(27-17(2)30)6-7-20(16)24(31)28-12-9-25(10-13-28)23-4-3-11-29(23)21-8-5-18(26)15-22(21)32-25;1-16-13-18(14-17(2)23(16)30-4)24(29)28-11-9-25(10-12-28)20-15-26-27(3)22(20)19-7-5-6-8-21(19)31-25;1-31-20-6-3-16(26)13-18(20)23(30)28-10-8-24(9-11-28)22-7-4-17(14-27)29(22)19-5-2-15(25)12-21(19)32-24;/h5-10,13-14,17H,11-12,15-16H2,1-4H3;3-8,11,14-15H,9-10,12-13H2,1-2H3,(H,27,30);5-8,13-15H,9-12H2,1-4H3;2-7,12-13H,8-11H2,1H3;1H. The fourth-order valence-electron chi connectivity index (χ4n) is 19.4. The Morgan fingerprint density at radius 1 is 0.520 bits per heavy atom. The maximum Gasteiger partial charge on any atom is 0.257 e. The number of aryl methyl sites for hydroxylation is 4. The Labute approximate surface area is 748 Å². The number of hydrogen-bond acceptors (Lipinski definition) is 15. The number of methoxy groups -OCH3 is 3. The van der Waals surface area contributed by atoms with Gasteiger partial charge in [-0.1, -0.05) is 62.2 Å². The van der Waals surface area contributed by atoms with Gasteiger partial charge in [-0.2, -0.15) is 10.4 Å². The highest BCUT2D eigenvalue weighted by molar-refractivity contribution is 6.31. The van der Waals surface area contributed by atoms with E-state index in [0.29, 0.717) is 128 Å². The first-order valence-corrected chi connectivity index (χ1v) is 43.5. The number of fused-ring (bicyclic) bond motifs is 16. The molecule has 654 valence electrons. The second-order valence-corrected chi connectivity index (χ2v) is 35.4. The Morgan fingerprint density at radius 2 is 1.06 bits per heavy atom. The molecule has 4 fully saturated rings. The Balaban J connectivity index is 0.000000125. The summed E-state index contributed by atoms with van der Waals surface area (Å²) in [5.41, 5.74) is 13.3. The number of nitrogens with one attached hydrogen (secondary N) is 1. The van der Waals surface area contributed by atoms with Gasteiger partial charge in [-0.05, 0) is 194 Å². The number of amides is 5. The lowest BCUT2D eigenvalue weighted by Crippen LogP contribution is -2.50. The highest BCUT2D eigenvalue weighted by Crippen LogP contribution is 2.53. The molecule has 0 bridgehead atoms. The van der Waals surface area contributed by atoms with Crippen LogP contribution in [0.4, 0.5) is 10.1 Å². The summed E-state index contributed by atoms with van der Waals surface area (Å²) < 4.78 is 64.4. The van der Waals surface area contributed by atoms with Crippen molar-refractivity contribution < 1.29 is 62.9 Å². The van der Waals surface area contributed by atoms with Gasteiger partial charge < -0.3 is 62.6 Å². The molecule has 27 heteroatoms. The van der Waals surface area contributed by atoms with Crippen molar-refractivity contribution >= 4 is 58.4 Å². The van der Waals surface area contributed by atoms with Crippen molar-refractivity contribution in [2.75, 3.05) is 79.0 Å². The van der Waals surface area contributed by atoms with Crippen LogP contribution >= 0.6 is 23.2 Å². The summed E-state index contributed by atoms with van der Waals surface area (Å²) in [6.45, 7) is 18.3. The van der Waals surface area contributed by atoms with Crippen molar-refractivity contribution in [1.29, 1.82) is 5.26 Å². The molecule has 12 aromatic rings. The van der Waals surface area contributed by atoms with Crippen LogP contribution in [0.1, 0.15) is 173 Å². The zero-order valence-corrected chi connectivity index (χ0v) is 74.3. The SMILES string of the molecule is CC(=O)Nc1ccc(C(=O)N2CCC3(CC2)Oc2cc(Cl)ccc2-n2cccc23)c(C)c1.COc1c(C)cc(C(=O)N2CCC3(CC2)Oc2ccccc2-c2c3cnn2C)cc1C.COc1cc(C(=O)N2CCC3(CC2)Oc2cccnc2-n2cccc23)ccc1C(C)(C)C.COc1ccc(F)cc1C(=O)N1CCC2(CC1)Oc1cc(Cl)ccc1-n1c(C#N)ccc12.[HH]. The lowest BCUT2D eigenvalue weighted by molar-refractivity contribution is -0.114. The predicted molar refractivity (Wildman–Crippen MR) is 483 cm³/mol. The van der Waals surface area contributed by atoms with E-state index in [9.17, 15) is 33.6 Å². The summed E-state index contributed by atoms with van der Waals surface area (Å²) >= 11 is 12.4. The minimum Gasteiger partial charge on any atom is -0.496 e. The number of piperidine rings is 4. The summed E-state index contributed by atoms with van der Waals surface area (Å²) in [5, 5.41) is 18.1. The molecule has 0 atom stereocenters. The molecular formula is C100H101Cl2FN12O12. The molecule has 4 saturated heterocycles. The van der Waals surface area contributed by atoms with Gasteiger partial charge in [-0.3, -0.25) is 37.8 Å². The largest absolute Gasteiger partial charge is 0.496 e. The number of nitrogens with zero attached hydrogens (tertiary/aromatic N) is 11. The summed E-state index contributed by atoms with van der Waals surface area (Å²) in [4.78, 5) is 76.1. The Kier molecular flexibility index (Phi) is 23.1. The van der Waals surface area contributed by atoms with Crippen molar-refractivity contribution in [3.05, 3.63) is 289 Å². The van der Waals surface area contributed by atoms with Gasteiger partial charge in [0.05, 0.1) is 67.2 Å². The van der Waals surface area contributed by atoms with E-state index in [2.05, 4.69) is 69.6 Å². The monoisotopic (exact) mass is 1750 g/mol. The van der Waals surface area contributed by atoms with Crippen LogP contribution in [0, 0.1) is 37.9 Å². The molecule has 0 unspecified atom stereocenters. The van der Waals surface area contributed by atoms with Crippen molar-refractivity contribution in [2.24, 2.45) is 7.05 Å². The van der Waals surface area contributed by atoms with E-state index in [1.807, 2.05) is 180 Å². The molecule has 4 spiro atoms. The highest BCUT2D eigenvalue weighted by atomic mass is 35.5. The zero-order valence-electron chi connectivity index (χ0n) is 72.8. The summed E-state index contributed by atoms with van der Waals surface area (Å²) in [6, 6.07) is 56.2. The molecular weight excluding hydrogens is 1650 g/mol. The van der Waals surface area contributed by atoms with Gasteiger partial charge in [0.2, 0.25) is 5.91 Å². The van der Waals surface area contributed by atoms with Crippen molar-refractivity contribution in [3.63, 3.8) is 0 Å². The molecule has 127 heavy (non-hydrogen) atoms. The average Bonchev–Trinajstić information content (AvgIpc) is 1.52. The predicted octanol–water partition coefficient (Wildman–Crippen LogP) is 18.8. The quantitative estimate of drug-likeness (QED) is 0.149. The third-order valence-corrected chi connectivity index (χ3v) is 26.3. The number of likely N-dealkylation sites (tertiary alicyclic amines) is 4. The van der Waals surface area contributed by atoms with Crippen LogP contribution in [-0.2, 0) is 39.7 Å². The van der Waals surface area contributed by atoms with Gasteiger partial charge >= 0.3 is 0 Å². The maximum atomic E-state index is 13.8. The molecule has 1 N–H and O–H groups in total. The topological polar surface area (TPSA) is 244 Å². The van der Waals surface area contributed by atoms with E-state index < -0.39 is 28.2 Å². The number of hydrogen-bond donors (Lipinski definition) is 1. The van der Waals surface area contributed by atoms with Crippen LogP contribution in [0.15, 0.2) is 201 Å². The maximum absolute atomic E-state index is 13.8. The lowest BCUT2D eigenvalue weighted by atomic mass is 9.81. The molecule has 24 nitrogen and oxygen atoms in total. The summed E-state index contributed by atoms with van der Waals surface area (Å²) in [7, 11) is 6.75. The highest BCUT2D eigenvalue weighted by Gasteiger charge is 2.51. The molecule has 8 aliphatic rings.